The molecule has 0 aromatic heterocycles. The summed E-state index contributed by atoms with van der Waals surface area (Å²) in [5.74, 6) is -2.44. The molecule has 1 N–H and O–H groups in total. The number of benzene rings is 3. The summed E-state index contributed by atoms with van der Waals surface area (Å²) in [7, 11) is 0. The highest BCUT2D eigenvalue weighted by Crippen LogP contribution is 2.23. The van der Waals surface area contributed by atoms with Crippen LogP contribution in [-0.2, 0) is 16.0 Å². The van der Waals surface area contributed by atoms with Gasteiger partial charge in [0.05, 0.1) is 11.3 Å². The summed E-state index contributed by atoms with van der Waals surface area (Å²) in [4.78, 5) is 50.7. The van der Waals surface area contributed by atoms with Crippen LogP contribution in [0, 0.1) is 5.82 Å². The third-order valence-corrected chi connectivity index (χ3v) is 5.19. The summed E-state index contributed by atoms with van der Waals surface area (Å²) >= 11 is 0. The molecule has 0 saturated carbocycles. The zero-order valence-corrected chi connectivity index (χ0v) is 18.1. The van der Waals surface area contributed by atoms with Gasteiger partial charge in [0.1, 0.15) is 17.1 Å². The van der Waals surface area contributed by atoms with Crippen molar-refractivity contribution >= 4 is 35.6 Å². The summed E-state index contributed by atoms with van der Waals surface area (Å²) in [6, 6.07) is 17.1. The number of nitrogens with one attached hydrogen (secondary N) is 1. The predicted molar refractivity (Wildman–Crippen MR) is 123 cm³/mol. The van der Waals surface area contributed by atoms with Crippen molar-refractivity contribution < 1.29 is 28.3 Å². The number of esters is 1. The van der Waals surface area contributed by atoms with Crippen molar-refractivity contribution in [1.29, 1.82) is 0 Å². The predicted octanol–water partition coefficient (Wildman–Crippen LogP) is 4.27. The molecule has 0 spiro atoms. The number of rotatable bonds is 5. The van der Waals surface area contributed by atoms with E-state index in [4.69, 9.17) is 4.74 Å². The van der Waals surface area contributed by atoms with Crippen molar-refractivity contribution in [2.24, 2.45) is 0 Å². The molecule has 1 aliphatic rings. The first-order valence-electron chi connectivity index (χ1n) is 10.4. The molecule has 1 fully saturated rings. The Kier molecular flexibility index (Phi) is 6.31. The van der Waals surface area contributed by atoms with Crippen LogP contribution in [0.15, 0.2) is 78.4 Å². The second-order valence-corrected chi connectivity index (χ2v) is 7.44. The molecular formula is C26H19FN2O5. The van der Waals surface area contributed by atoms with Crippen molar-refractivity contribution in [3.63, 3.8) is 0 Å². The van der Waals surface area contributed by atoms with Gasteiger partial charge in [-0.05, 0) is 72.2 Å². The zero-order valence-electron chi connectivity index (χ0n) is 18.1. The monoisotopic (exact) mass is 458 g/mol. The molecule has 0 bridgehead atoms. The second kappa shape index (κ2) is 9.50. The largest absolute Gasteiger partial charge is 0.423 e. The molecule has 3 aromatic rings. The topological polar surface area (TPSA) is 92.8 Å². The lowest BCUT2D eigenvalue weighted by atomic mass is 10.1. The highest BCUT2D eigenvalue weighted by atomic mass is 19.1. The van der Waals surface area contributed by atoms with E-state index in [-0.39, 0.29) is 16.9 Å². The molecule has 0 radical (unpaired) electrons. The second-order valence-electron chi connectivity index (χ2n) is 7.44. The summed E-state index contributed by atoms with van der Waals surface area (Å²) in [5.41, 5.74) is 1.85. The number of barbiturate groups is 1. The summed E-state index contributed by atoms with van der Waals surface area (Å²) < 4.78 is 18.3. The van der Waals surface area contributed by atoms with Gasteiger partial charge >= 0.3 is 12.0 Å². The number of carbonyl (C=O) groups excluding carboxylic acids is 4. The molecule has 4 rings (SSSR count). The fourth-order valence-corrected chi connectivity index (χ4v) is 3.32. The van der Waals surface area contributed by atoms with Gasteiger partial charge in [0.15, 0.2) is 0 Å². The number of aryl methyl sites for hydroxylation is 1. The minimum absolute atomic E-state index is 0.189. The Morgan fingerprint density at radius 1 is 0.941 bits per heavy atom. The van der Waals surface area contributed by atoms with Gasteiger partial charge < -0.3 is 4.74 Å². The molecule has 0 atom stereocenters. The molecule has 1 heterocycles. The minimum atomic E-state index is -0.820. The van der Waals surface area contributed by atoms with Gasteiger partial charge in [-0.2, -0.15) is 0 Å². The first-order valence-corrected chi connectivity index (χ1v) is 10.4. The average Bonchev–Trinajstić information content (AvgIpc) is 2.83. The van der Waals surface area contributed by atoms with Crippen LogP contribution in [0.1, 0.15) is 28.4 Å². The SMILES string of the molecule is CCc1ccc(N2C(=O)NC(=O)C(=Cc3ccc(OC(=O)c4ccc(F)cc4)cc3)C2=O)cc1. The molecule has 4 amide bonds. The normalized spacial score (nSPS) is 14.8. The Morgan fingerprint density at radius 3 is 2.21 bits per heavy atom. The number of halogens is 1. The Balaban J connectivity index is 1.53. The number of hydrogen-bond acceptors (Lipinski definition) is 5. The molecule has 1 aliphatic heterocycles. The van der Waals surface area contributed by atoms with Gasteiger partial charge in [0.25, 0.3) is 11.8 Å². The van der Waals surface area contributed by atoms with Crippen molar-refractivity contribution in [3.8, 4) is 5.75 Å². The van der Waals surface area contributed by atoms with Gasteiger partial charge in [-0.15, -0.1) is 0 Å². The van der Waals surface area contributed by atoms with Crippen molar-refractivity contribution in [3.05, 3.63) is 101 Å². The third-order valence-electron chi connectivity index (χ3n) is 5.19. The molecule has 0 unspecified atom stereocenters. The van der Waals surface area contributed by atoms with Crippen LogP contribution in [0.5, 0.6) is 5.75 Å². The van der Waals surface area contributed by atoms with Gasteiger partial charge in [-0.3, -0.25) is 14.9 Å². The number of carbonyl (C=O) groups is 4. The van der Waals surface area contributed by atoms with E-state index < -0.39 is 29.6 Å². The standard InChI is InChI=1S/C26H19FN2O5/c1-2-16-3-11-20(12-4-16)29-24(31)22(23(30)28-26(29)33)15-17-5-13-21(14-6-17)34-25(32)18-7-9-19(27)10-8-18/h3-15H,2H2,1H3,(H,28,30,33). The first-order chi connectivity index (χ1) is 16.4. The smallest absolute Gasteiger partial charge is 0.343 e. The quantitative estimate of drug-likeness (QED) is 0.267. The van der Waals surface area contributed by atoms with E-state index in [1.807, 2.05) is 19.1 Å². The van der Waals surface area contributed by atoms with Gasteiger partial charge in [0, 0.05) is 0 Å². The molecular weight excluding hydrogens is 439 g/mol. The Bertz CT molecular complexity index is 1300. The van der Waals surface area contributed by atoms with E-state index >= 15 is 0 Å². The van der Waals surface area contributed by atoms with E-state index in [2.05, 4.69) is 5.32 Å². The van der Waals surface area contributed by atoms with Gasteiger partial charge in [-0.1, -0.05) is 31.2 Å². The Morgan fingerprint density at radius 2 is 1.59 bits per heavy atom. The minimum Gasteiger partial charge on any atom is -0.423 e. The van der Waals surface area contributed by atoms with Crippen molar-refractivity contribution in [1.82, 2.24) is 5.32 Å². The van der Waals surface area contributed by atoms with Crippen LogP contribution >= 0.6 is 0 Å². The molecule has 8 heteroatoms. The van der Waals surface area contributed by atoms with E-state index in [0.29, 0.717) is 11.3 Å². The molecule has 34 heavy (non-hydrogen) atoms. The van der Waals surface area contributed by atoms with Gasteiger partial charge in [0.2, 0.25) is 0 Å². The zero-order chi connectivity index (χ0) is 24.2. The number of urea groups is 1. The number of amides is 4. The van der Waals surface area contributed by atoms with E-state index in [0.717, 1.165) is 29.0 Å². The maximum Gasteiger partial charge on any atom is 0.343 e. The molecule has 1 saturated heterocycles. The van der Waals surface area contributed by atoms with Crippen LogP contribution in [0.25, 0.3) is 6.08 Å². The number of nitrogens with zero attached hydrogens (tertiary/aromatic N) is 1. The average molecular weight is 458 g/mol. The van der Waals surface area contributed by atoms with Crippen molar-refractivity contribution in [2.75, 3.05) is 4.90 Å². The maximum absolute atomic E-state index is 13.0. The molecule has 7 nitrogen and oxygen atoms in total. The van der Waals surface area contributed by atoms with Crippen LogP contribution in [-0.4, -0.2) is 23.8 Å². The van der Waals surface area contributed by atoms with Crippen molar-refractivity contribution in [2.45, 2.75) is 13.3 Å². The fraction of sp³-hybridized carbons (Fsp3) is 0.0769. The summed E-state index contributed by atoms with van der Waals surface area (Å²) in [5, 5.41) is 2.18. The molecule has 0 aliphatic carbocycles. The maximum atomic E-state index is 13.0. The lowest BCUT2D eigenvalue weighted by Crippen LogP contribution is -2.54. The van der Waals surface area contributed by atoms with Gasteiger partial charge in [-0.25, -0.2) is 18.9 Å². The lowest BCUT2D eigenvalue weighted by molar-refractivity contribution is -0.122. The van der Waals surface area contributed by atoms with Crippen LogP contribution < -0.4 is 15.0 Å². The number of anilines is 1. The van der Waals surface area contributed by atoms with E-state index in [1.165, 1.54) is 30.3 Å². The van der Waals surface area contributed by atoms with Crippen LogP contribution in [0.3, 0.4) is 0 Å². The van der Waals surface area contributed by atoms with E-state index in [1.54, 1.807) is 24.3 Å². The summed E-state index contributed by atoms with van der Waals surface area (Å²) in [6.45, 7) is 1.99. The van der Waals surface area contributed by atoms with Crippen LogP contribution in [0.2, 0.25) is 0 Å². The number of imide groups is 2. The lowest BCUT2D eigenvalue weighted by Gasteiger charge is -2.26. The molecule has 170 valence electrons. The van der Waals surface area contributed by atoms with Crippen LogP contribution in [0.4, 0.5) is 14.9 Å². The van der Waals surface area contributed by atoms with E-state index in [9.17, 15) is 23.6 Å². The fourth-order valence-electron chi connectivity index (χ4n) is 3.32. The Labute approximate surface area is 194 Å². The number of hydrogen-bond donors (Lipinski definition) is 1. The molecule has 3 aromatic carbocycles. The highest BCUT2D eigenvalue weighted by molar-refractivity contribution is 6.39. The summed E-state index contributed by atoms with van der Waals surface area (Å²) in [6.07, 6.45) is 2.16. The third kappa shape index (κ3) is 4.75. The first kappa shape index (κ1) is 22.6. The Hall–Kier alpha value is -4.59. The highest BCUT2D eigenvalue weighted by Gasteiger charge is 2.36. The number of ether oxygens (including phenoxy) is 1.